The number of aryl methyl sites for hydroxylation is 3. The second-order valence-corrected chi connectivity index (χ2v) is 10.5. The van der Waals surface area contributed by atoms with Crippen molar-refractivity contribution in [2.45, 2.75) is 34.6 Å². The number of para-hydroxylation sites is 1. The molecule has 1 aromatic heterocycles. The summed E-state index contributed by atoms with van der Waals surface area (Å²) < 4.78 is 7.00. The molecule has 3 aromatic carbocycles. The second-order valence-electron chi connectivity index (χ2n) is 9.54. The molecule has 10 heteroatoms. The third kappa shape index (κ3) is 7.57. The number of aromatic nitrogens is 3. The predicted molar refractivity (Wildman–Crippen MR) is 160 cm³/mol. The molecule has 0 aliphatic carbocycles. The molecule has 0 spiro atoms. The molecule has 0 aliphatic rings. The Hall–Kier alpha value is -4.44. The quantitative estimate of drug-likeness (QED) is 0.115. The monoisotopic (exact) mass is 556 g/mol. The highest BCUT2D eigenvalue weighted by atomic mass is 32.2. The minimum Gasteiger partial charge on any atom is -0.454 e. The van der Waals surface area contributed by atoms with Gasteiger partial charge in [-0.05, 0) is 80.1 Å². The molecular formula is C30H32N6O3S. The molecule has 0 radical (unpaired) electrons. The normalized spacial score (nSPS) is 11.4. The summed E-state index contributed by atoms with van der Waals surface area (Å²) >= 11 is 1.14. The lowest BCUT2D eigenvalue weighted by molar-refractivity contribution is -0.144. The second kappa shape index (κ2) is 13.1. The third-order valence-electron chi connectivity index (χ3n) is 5.93. The molecule has 2 amide bonds. The van der Waals surface area contributed by atoms with Gasteiger partial charge in [0.2, 0.25) is 0 Å². The molecule has 4 aromatic rings. The van der Waals surface area contributed by atoms with Crippen LogP contribution in [0.25, 0.3) is 17.1 Å². The molecule has 40 heavy (non-hydrogen) atoms. The first kappa shape index (κ1) is 28.6. The molecule has 0 saturated carbocycles. The number of hydrogen-bond acceptors (Lipinski definition) is 7. The first-order chi connectivity index (χ1) is 19.2. The van der Waals surface area contributed by atoms with Crippen LogP contribution >= 0.6 is 11.8 Å². The summed E-state index contributed by atoms with van der Waals surface area (Å²) in [6, 6.07) is 20.7. The number of nitrogens with one attached hydrogen (secondary N) is 2. The molecule has 0 bridgehead atoms. The number of anilines is 1. The number of hydrogen-bond donors (Lipinski definition) is 2. The largest absolute Gasteiger partial charge is 0.454 e. The maximum atomic E-state index is 12.9. The van der Waals surface area contributed by atoms with Gasteiger partial charge in [0.1, 0.15) is 12.3 Å². The molecule has 206 valence electrons. The van der Waals surface area contributed by atoms with Crippen LogP contribution in [0.5, 0.6) is 0 Å². The molecular weight excluding hydrogens is 524 g/mol. The number of nitrogens with zero attached hydrogens (tertiary/aromatic N) is 4. The number of urea groups is 1. The number of ether oxygens (including phenoxy) is 1. The minimum absolute atomic E-state index is 0.0258. The van der Waals surface area contributed by atoms with E-state index in [-0.39, 0.29) is 17.8 Å². The van der Waals surface area contributed by atoms with Gasteiger partial charge in [0, 0.05) is 11.3 Å². The molecule has 2 N–H and O–H groups in total. The van der Waals surface area contributed by atoms with Crippen LogP contribution in [0, 0.1) is 26.7 Å². The first-order valence-corrected chi connectivity index (χ1v) is 13.8. The van der Waals surface area contributed by atoms with Crippen LogP contribution in [0.4, 0.5) is 16.2 Å². The van der Waals surface area contributed by atoms with Crippen molar-refractivity contribution >= 4 is 40.3 Å². The number of esters is 1. The van der Waals surface area contributed by atoms with Gasteiger partial charge in [-0.1, -0.05) is 49.7 Å². The van der Waals surface area contributed by atoms with Gasteiger partial charge in [-0.15, -0.1) is 5.10 Å². The van der Waals surface area contributed by atoms with E-state index in [9.17, 15) is 9.59 Å². The minimum atomic E-state index is -0.470. The summed E-state index contributed by atoms with van der Waals surface area (Å²) in [6.45, 7) is 9.47. The highest BCUT2D eigenvalue weighted by Gasteiger charge is 2.13. The lowest BCUT2D eigenvalue weighted by Crippen LogP contribution is -2.33. The van der Waals surface area contributed by atoms with Crippen LogP contribution in [0.1, 0.15) is 30.5 Å². The zero-order valence-corrected chi connectivity index (χ0v) is 24.0. The Morgan fingerprint density at radius 2 is 1.65 bits per heavy atom. The van der Waals surface area contributed by atoms with E-state index in [0.29, 0.717) is 16.7 Å². The summed E-state index contributed by atoms with van der Waals surface area (Å²) in [6.07, 6.45) is 1.67. The highest BCUT2D eigenvalue weighted by Crippen LogP contribution is 2.25. The molecule has 0 fully saturated rings. The maximum Gasteiger partial charge on any atom is 0.325 e. The maximum absolute atomic E-state index is 12.9. The standard InChI is InChI=1S/C30H32N6O3S/c1-19(2)28(37)39-18-40-30(33-26-21(4)7-6-8-22(26)5)34-29(38)32-24-13-11-23(12-14-24)27-31-17-36(35-27)25-15-9-20(3)10-16-25/h6-17,19H,18H2,1-5H3,(H2,32,33,34,38). The van der Waals surface area contributed by atoms with Crippen molar-refractivity contribution in [3.8, 4) is 17.1 Å². The number of carbonyl (C=O) groups excluding carboxylic acids is 2. The van der Waals surface area contributed by atoms with Gasteiger partial charge in [0.25, 0.3) is 0 Å². The Labute approximate surface area is 238 Å². The van der Waals surface area contributed by atoms with Gasteiger partial charge in [-0.3, -0.25) is 10.1 Å². The summed E-state index contributed by atoms with van der Waals surface area (Å²) in [5.74, 6) is 0.0387. The van der Waals surface area contributed by atoms with Crippen molar-refractivity contribution < 1.29 is 14.3 Å². The predicted octanol–water partition coefficient (Wildman–Crippen LogP) is 6.56. The number of thioether (sulfide) groups is 1. The van der Waals surface area contributed by atoms with Gasteiger partial charge in [-0.25, -0.2) is 19.5 Å². The van der Waals surface area contributed by atoms with Gasteiger partial charge in [0.15, 0.2) is 11.0 Å². The fourth-order valence-electron chi connectivity index (χ4n) is 3.67. The lowest BCUT2D eigenvalue weighted by atomic mass is 10.1. The van der Waals surface area contributed by atoms with Crippen molar-refractivity contribution in [3.63, 3.8) is 0 Å². The number of aliphatic imine (C=N–C) groups is 1. The van der Waals surface area contributed by atoms with E-state index in [1.165, 1.54) is 5.56 Å². The van der Waals surface area contributed by atoms with Gasteiger partial charge in [0.05, 0.1) is 17.3 Å². The summed E-state index contributed by atoms with van der Waals surface area (Å²) in [7, 11) is 0. The van der Waals surface area contributed by atoms with Crippen LogP contribution in [0.2, 0.25) is 0 Å². The Morgan fingerprint density at radius 3 is 2.30 bits per heavy atom. The Bertz CT molecular complexity index is 1490. The molecule has 9 nitrogen and oxygen atoms in total. The van der Waals surface area contributed by atoms with Crippen molar-refractivity contribution in [3.05, 3.63) is 89.7 Å². The summed E-state index contributed by atoms with van der Waals surface area (Å²) in [4.78, 5) is 33.8. The average Bonchev–Trinajstić information content (AvgIpc) is 3.41. The number of amidine groups is 1. The van der Waals surface area contributed by atoms with Crippen LogP contribution < -0.4 is 10.6 Å². The molecule has 0 saturated heterocycles. The van der Waals surface area contributed by atoms with E-state index in [4.69, 9.17) is 4.74 Å². The summed E-state index contributed by atoms with van der Waals surface area (Å²) in [5.41, 5.74) is 6.19. The third-order valence-corrected chi connectivity index (χ3v) is 6.64. The summed E-state index contributed by atoms with van der Waals surface area (Å²) in [5, 5.41) is 10.5. The van der Waals surface area contributed by atoms with E-state index >= 15 is 0 Å². The van der Waals surface area contributed by atoms with Crippen molar-refractivity contribution in [2.75, 3.05) is 11.3 Å². The molecule has 0 unspecified atom stereocenters. The van der Waals surface area contributed by atoms with E-state index in [1.807, 2.05) is 75.4 Å². The van der Waals surface area contributed by atoms with Gasteiger partial charge < -0.3 is 10.1 Å². The van der Waals surface area contributed by atoms with Gasteiger partial charge >= 0.3 is 12.0 Å². The Balaban J connectivity index is 1.43. The molecule has 1 heterocycles. The first-order valence-electron chi connectivity index (χ1n) is 12.8. The zero-order valence-electron chi connectivity index (χ0n) is 23.1. The number of benzene rings is 3. The van der Waals surface area contributed by atoms with Crippen LogP contribution in [0.15, 0.2) is 78.0 Å². The zero-order chi connectivity index (χ0) is 28.6. The van der Waals surface area contributed by atoms with Crippen molar-refractivity contribution in [2.24, 2.45) is 10.9 Å². The molecule has 0 atom stereocenters. The smallest absolute Gasteiger partial charge is 0.325 e. The lowest BCUT2D eigenvalue weighted by Gasteiger charge is -2.13. The number of amides is 2. The SMILES string of the molecule is Cc1ccc(-n2cnc(-c3ccc(NC(=O)NC(=Nc4c(C)cccc4C)SCOC(=O)C(C)C)cc3)n2)cc1. The van der Waals surface area contributed by atoms with Crippen molar-refractivity contribution in [1.29, 1.82) is 0 Å². The van der Waals surface area contributed by atoms with E-state index < -0.39 is 6.03 Å². The topological polar surface area (TPSA) is 111 Å². The fraction of sp³-hybridized carbons (Fsp3) is 0.233. The van der Waals surface area contributed by atoms with Crippen LogP contribution in [0.3, 0.4) is 0 Å². The molecule has 4 rings (SSSR count). The van der Waals surface area contributed by atoms with Crippen LogP contribution in [-0.2, 0) is 9.53 Å². The Kier molecular flexibility index (Phi) is 9.34. The highest BCUT2D eigenvalue weighted by molar-refractivity contribution is 8.13. The van der Waals surface area contributed by atoms with Crippen LogP contribution in [-0.4, -0.2) is 37.9 Å². The fourth-order valence-corrected chi connectivity index (χ4v) is 4.28. The number of rotatable bonds is 7. The average molecular weight is 557 g/mol. The van der Waals surface area contributed by atoms with E-state index in [2.05, 4.69) is 25.7 Å². The van der Waals surface area contributed by atoms with Gasteiger partial charge in [-0.2, -0.15) is 0 Å². The van der Waals surface area contributed by atoms with E-state index in [1.54, 1.807) is 37.0 Å². The van der Waals surface area contributed by atoms with E-state index in [0.717, 1.165) is 39.8 Å². The number of carbonyl (C=O) groups is 2. The molecule has 0 aliphatic heterocycles. The Morgan fingerprint density at radius 1 is 0.975 bits per heavy atom. The van der Waals surface area contributed by atoms with Crippen molar-refractivity contribution in [1.82, 2.24) is 20.1 Å².